The number of hydrogen-bond donors (Lipinski definition) is 0. The van der Waals surface area contributed by atoms with Crippen LogP contribution in [-0.4, -0.2) is 5.78 Å². The molecule has 0 radical (unpaired) electrons. The van der Waals surface area contributed by atoms with Gasteiger partial charge in [-0.15, -0.1) is 0 Å². The predicted octanol–water partition coefficient (Wildman–Crippen LogP) is 4.09. The van der Waals surface area contributed by atoms with Gasteiger partial charge in [0.25, 0.3) is 0 Å². The van der Waals surface area contributed by atoms with Crippen molar-refractivity contribution in [3.8, 4) is 0 Å². The van der Waals surface area contributed by atoms with Crippen LogP contribution in [0.25, 0.3) is 0 Å². The normalized spacial score (nSPS) is 21.8. The van der Waals surface area contributed by atoms with Crippen molar-refractivity contribution in [3.05, 3.63) is 71.8 Å². The smallest absolute Gasteiger partial charge is 0.167 e. The first-order valence-electron chi connectivity index (χ1n) is 5.95. The highest BCUT2D eigenvalue weighted by molar-refractivity contribution is 5.97. The molecule has 0 fully saturated rings. The maximum absolute atomic E-state index is 12.0. The number of ketones is 1. The highest BCUT2D eigenvalue weighted by Crippen LogP contribution is 2.13. The molecule has 2 rings (SSSR count). The molecule has 1 aromatic rings. The van der Waals surface area contributed by atoms with E-state index in [-0.39, 0.29) is 5.78 Å². The van der Waals surface area contributed by atoms with Gasteiger partial charge in [0.1, 0.15) is 0 Å². The highest BCUT2D eigenvalue weighted by atomic mass is 16.1. The Kier molecular flexibility index (Phi) is 4.09. The Morgan fingerprint density at radius 1 is 1.00 bits per heavy atom. The van der Waals surface area contributed by atoms with Crippen LogP contribution >= 0.6 is 0 Å². The van der Waals surface area contributed by atoms with E-state index in [1.807, 2.05) is 30.3 Å². The van der Waals surface area contributed by atoms with Gasteiger partial charge in [0.05, 0.1) is 0 Å². The van der Waals surface area contributed by atoms with E-state index in [2.05, 4.69) is 30.4 Å². The molecule has 0 aromatic heterocycles. The first-order chi connectivity index (χ1) is 8.36. The van der Waals surface area contributed by atoms with Crippen LogP contribution < -0.4 is 0 Å². The minimum absolute atomic E-state index is 0.186. The zero-order valence-electron chi connectivity index (χ0n) is 9.80. The zero-order chi connectivity index (χ0) is 11.9. The summed E-state index contributed by atoms with van der Waals surface area (Å²) in [5.41, 5.74) is 1.91. The van der Waals surface area contributed by atoms with Crippen LogP contribution in [0.5, 0.6) is 0 Å². The van der Waals surface area contributed by atoms with Crippen molar-refractivity contribution < 1.29 is 4.79 Å². The summed E-state index contributed by atoms with van der Waals surface area (Å²) in [6, 6.07) is 9.47. The second kappa shape index (κ2) is 6.00. The summed E-state index contributed by atoms with van der Waals surface area (Å²) in [5, 5.41) is 0. The third-order valence-electron chi connectivity index (χ3n) is 2.75. The van der Waals surface area contributed by atoms with Crippen molar-refractivity contribution in [2.75, 3.05) is 0 Å². The molecule has 0 unspecified atom stereocenters. The molecule has 0 heterocycles. The number of benzene rings is 1. The SMILES string of the molecule is O=C(CC1=C/C/C=C\C/C=C\1)c1ccccc1. The van der Waals surface area contributed by atoms with Crippen LogP contribution in [0.2, 0.25) is 0 Å². The molecule has 0 saturated carbocycles. The fourth-order valence-electron chi connectivity index (χ4n) is 1.82. The molecule has 0 spiro atoms. The summed E-state index contributed by atoms with van der Waals surface area (Å²) in [6.45, 7) is 0. The molecule has 1 aliphatic carbocycles. The van der Waals surface area contributed by atoms with Gasteiger partial charge in [0, 0.05) is 12.0 Å². The van der Waals surface area contributed by atoms with Gasteiger partial charge in [-0.25, -0.2) is 0 Å². The fraction of sp³-hybridized carbons (Fsp3) is 0.188. The lowest BCUT2D eigenvalue weighted by Crippen LogP contribution is -1.99. The second-order valence-electron chi connectivity index (χ2n) is 4.09. The summed E-state index contributed by atoms with van der Waals surface area (Å²) < 4.78 is 0. The number of carbonyl (C=O) groups is 1. The van der Waals surface area contributed by atoms with E-state index in [9.17, 15) is 4.79 Å². The van der Waals surface area contributed by atoms with Gasteiger partial charge in [0.15, 0.2) is 5.78 Å². The van der Waals surface area contributed by atoms with Crippen molar-refractivity contribution in [2.24, 2.45) is 0 Å². The number of carbonyl (C=O) groups excluding carboxylic acids is 1. The average molecular weight is 224 g/mol. The molecule has 0 amide bonds. The number of hydrogen-bond acceptors (Lipinski definition) is 1. The molecular weight excluding hydrogens is 208 g/mol. The number of rotatable bonds is 3. The zero-order valence-corrected chi connectivity index (χ0v) is 9.80. The quantitative estimate of drug-likeness (QED) is 0.558. The molecule has 17 heavy (non-hydrogen) atoms. The first-order valence-corrected chi connectivity index (χ1v) is 5.95. The van der Waals surface area contributed by atoms with E-state index in [1.54, 1.807) is 0 Å². The summed E-state index contributed by atoms with van der Waals surface area (Å²) in [7, 11) is 0. The average Bonchev–Trinajstić information content (AvgIpc) is 2.33. The molecule has 0 atom stereocenters. The first kappa shape index (κ1) is 11.6. The lowest BCUT2D eigenvalue weighted by atomic mass is 10.0. The van der Waals surface area contributed by atoms with E-state index in [1.165, 1.54) is 0 Å². The Hall–Kier alpha value is -1.89. The van der Waals surface area contributed by atoms with Crippen LogP contribution in [0.1, 0.15) is 29.6 Å². The van der Waals surface area contributed by atoms with Crippen molar-refractivity contribution >= 4 is 5.78 Å². The predicted molar refractivity (Wildman–Crippen MR) is 71.0 cm³/mol. The van der Waals surface area contributed by atoms with Gasteiger partial charge in [-0.3, -0.25) is 4.79 Å². The summed E-state index contributed by atoms with van der Waals surface area (Å²) in [5.74, 6) is 0.186. The van der Waals surface area contributed by atoms with Crippen LogP contribution in [0.4, 0.5) is 0 Å². The van der Waals surface area contributed by atoms with Gasteiger partial charge in [-0.2, -0.15) is 0 Å². The maximum atomic E-state index is 12.0. The van der Waals surface area contributed by atoms with Crippen molar-refractivity contribution in [1.82, 2.24) is 0 Å². The third-order valence-corrected chi connectivity index (χ3v) is 2.75. The minimum atomic E-state index is 0.186. The van der Waals surface area contributed by atoms with E-state index < -0.39 is 0 Å². The van der Waals surface area contributed by atoms with Crippen molar-refractivity contribution in [1.29, 1.82) is 0 Å². The Labute approximate surface area is 102 Å². The topological polar surface area (TPSA) is 17.1 Å². The van der Waals surface area contributed by atoms with Gasteiger partial charge in [-0.1, -0.05) is 60.7 Å². The molecule has 1 aliphatic rings. The van der Waals surface area contributed by atoms with Crippen LogP contribution in [0.3, 0.4) is 0 Å². The largest absolute Gasteiger partial charge is 0.294 e. The van der Waals surface area contributed by atoms with Gasteiger partial charge < -0.3 is 0 Å². The van der Waals surface area contributed by atoms with E-state index >= 15 is 0 Å². The number of Topliss-reactive ketones (excluding diaryl/α,β-unsaturated/α-hetero) is 1. The Balaban J connectivity index is 2.06. The van der Waals surface area contributed by atoms with Crippen LogP contribution in [0.15, 0.2) is 66.3 Å². The lowest BCUT2D eigenvalue weighted by molar-refractivity contribution is 0.0993. The number of allylic oxidation sites excluding steroid dienone is 6. The molecule has 0 bridgehead atoms. The molecule has 1 nitrogen and oxygen atoms in total. The van der Waals surface area contributed by atoms with Gasteiger partial charge in [0.2, 0.25) is 0 Å². The maximum Gasteiger partial charge on any atom is 0.167 e. The fourth-order valence-corrected chi connectivity index (χ4v) is 1.82. The van der Waals surface area contributed by atoms with Gasteiger partial charge >= 0.3 is 0 Å². The van der Waals surface area contributed by atoms with Crippen LogP contribution in [-0.2, 0) is 0 Å². The molecule has 0 N–H and O–H groups in total. The summed E-state index contributed by atoms with van der Waals surface area (Å²) >= 11 is 0. The molecule has 1 aromatic carbocycles. The summed E-state index contributed by atoms with van der Waals surface area (Å²) in [4.78, 5) is 12.0. The Morgan fingerprint density at radius 3 is 2.59 bits per heavy atom. The molecule has 0 saturated heterocycles. The third kappa shape index (κ3) is 3.56. The standard InChI is InChI=1S/C16H16O/c17-16(15-11-7-4-8-12-15)13-14-9-5-2-1-3-6-10-14/h1-2,4,6-12H,3,5,13H2/b2-1-,10-6-,14-9+. The van der Waals surface area contributed by atoms with E-state index in [0.29, 0.717) is 6.42 Å². The summed E-state index contributed by atoms with van der Waals surface area (Å²) in [6.07, 6.45) is 12.9. The van der Waals surface area contributed by atoms with Gasteiger partial charge in [-0.05, 0) is 18.4 Å². The molecule has 1 heteroatoms. The minimum Gasteiger partial charge on any atom is -0.294 e. The molecule has 86 valence electrons. The van der Waals surface area contributed by atoms with Crippen molar-refractivity contribution in [3.63, 3.8) is 0 Å². The second-order valence-corrected chi connectivity index (χ2v) is 4.09. The Bertz CT molecular complexity index is 464. The van der Waals surface area contributed by atoms with E-state index in [0.717, 1.165) is 24.0 Å². The van der Waals surface area contributed by atoms with Crippen molar-refractivity contribution in [2.45, 2.75) is 19.3 Å². The van der Waals surface area contributed by atoms with E-state index in [4.69, 9.17) is 0 Å². The molecular formula is C16H16O. The lowest BCUT2D eigenvalue weighted by Gasteiger charge is -2.03. The highest BCUT2D eigenvalue weighted by Gasteiger charge is 2.06. The van der Waals surface area contributed by atoms with Crippen LogP contribution in [0, 0.1) is 0 Å². The molecule has 0 aliphatic heterocycles. The monoisotopic (exact) mass is 224 g/mol. The Morgan fingerprint density at radius 2 is 1.76 bits per heavy atom.